The van der Waals surface area contributed by atoms with Crippen LogP contribution in [0.1, 0.15) is 85.9 Å². The van der Waals surface area contributed by atoms with E-state index in [9.17, 15) is 14.3 Å². The average molecular weight is 929 g/mol. The molecule has 1 radical (unpaired) electrons. The van der Waals surface area contributed by atoms with E-state index < -0.39 is 0 Å². The number of furan rings is 1. The molecule has 0 spiro atoms. The summed E-state index contributed by atoms with van der Waals surface area (Å²) in [5.41, 5.74) is 6.67. The molecule has 0 aliphatic rings. The molecule has 0 saturated heterocycles. The first-order valence-corrected chi connectivity index (χ1v) is 19.5. The van der Waals surface area contributed by atoms with Crippen LogP contribution >= 0.6 is 11.3 Å². The number of hydrogen-bond acceptors (Lipinski definition) is 6. The SMILES string of the molecule is CC(C)C(C(=O)/C=C(\O)C(C(C)C)C(C)C)C(C)C.Cc1[c-]c(-c2ncnc3c2sc2cc(CC(C)C)ccc23)c2oc3cc(C)cc(F)c3c2c1.[CH3-].[Ir]. The first kappa shape index (κ1) is 44.9. The number of allylic oxidation sites excluding steroid dienone is 2. The van der Waals surface area contributed by atoms with E-state index in [4.69, 9.17) is 4.42 Å². The van der Waals surface area contributed by atoms with Crippen LogP contribution < -0.4 is 0 Å². The van der Waals surface area contributed by atoms with Gasteiger partial charge in [0.2, 0.25) is 0 Å². The summed E-state index contributed by atoms with van der Waals surface area (Å²) >= 11 is 1.69. The number of halogens is 1. The molecule has 0 fully saturated rings. The van der Waals surface area contributed by atoms with Gasteiger partial charge in [-0.25, -0.2) is 9.37 Å². The summed E-state index contributed by atoms with van der Waals surface area (Å²) in [6, 6.07) is 15.4. The summed E-state index contributed by atoms with van der Waals surface area (Å²) in [4.78, 5) is 21.6. The molecule has 0 unspecified atom stereocenters. The molecule has 0 atom stereocenters. The zero-order valence-corrected chi connectivity index (χ0v) is 37.4. The van der Waals surface area contributed by atoms with Gasteiger partial charge in [0.05, 0.1) is 16.9 Å². The van der Waals surface area contributed by atoms with E-state index in [2.05, 4.69) is 103 Å². The van der Waals surface area contributed by atoms with Crippen molar-refractivity contribution in [2.24, 2.45) is 41.4 Å². The Kier molecular flexibility index (Phi) is 15.4. The maximum Gasteiger partial charge on any atom is 0.162 e. The first-order chi connectivity index (χ1) is 24.5. The number of ketones is 1. The van der Waals surface area contributed by atoms with Gasteiger partial charge in [0.25, 0.3) is 0 Å². The number of thiophene rings is 1. The van der Waals surface area contributed by atoms with Gasteiger partial charge < -0.3 is 17.0 Å². The van der Waals surface area contributed by atoms with Crippen LogP contribution in [0.15, 0.2) is 59.0 Å². The number of nitrogens with zero attached hydrogens (tertiary/aromatic N) is 2. The minimum atomic E-state index is -0.271. The van der Waals surface area contributed by atoms with Gasteiger partial charge in [-0.2, -0.15) is 0 Å². The molecule has 6 rings (SSSR count). The maximum absolute atomic E-state index is 14.9. The van der Waals surface area contributed by atoms with Crippen molar-refractivity contribution in [3.05, 3.63) is 90.6 Å². The number of aliphatic hydroxyl groups excluding tert-OH is 1. The quantitative estimate of drug-likeness (QED) is 0.0841. The Bertz CT molecular complexity index is 2250. The minimum absolute atomic E-state index is 0. The van der Waals surface area contributed by atoms with Gasteiger partial charge >= 0.3 is 0 Å². The first-order valence-electron chi connectivity index (χ1n) is 18.6. The fourth-order valence-corrected chi connectivity index (χ4v) is 9.16. The zero-order chi connectivity index (χ0) is 38.2. The largest absolute Gasteiger partial charge is 0.512 e. The van der Waals surface area contributed by atoms with Gasteiger partial charge in [-0.1, -0.05) is 99.2 Å². The molecule has 0 amide bonds. The Morgan fingerprint density at radius 2 is 1.52 bits per heavy atom. The van der Waals surface area contributed by atoms with Crippen LogP contribution in [0.3, 0.4) is 0 Å². The van der Waals surface area contributed by atoms with Crippen molar-refractivity contribution in [2.75, 3.05) is 0 Å². The number of fused-ring (bicyclic) bond motifs is 6. The van der Waals surface area contributed by atoms with Crippen LogP contribution in [-0.4, -0.2) is 20.9 Å². The molecule has 0 saturated carbocycles. The number of aromatic nitrogens is 2. The Balaban J connectivity index is 0.000000325. The Morgan fingerprint density at radius 3 is 2.11 bits per heavy atom. The fraction of sp³-hybridized carbons (Fsp3) is 0.435. The number of carbonyl (C=O) groups is 1. The molecule has 3 aromatic carbocycles. The molecule has 0 aliphatic heterocycles. The maximum atomic E-state index is 14.9. The third kappa shape index (κ3) is 9.49. The number of rotatable bonds is 10. The topological polar surface area (TPSA) is 76.2 Å². The van der Waals surface area contributed by atoms with Crippen molar-refractivity contribution < 1.29 is 38.8 Å². The van der Waals surface area contributed by atoms with Crippen LogP contribution in [0.4, 0.5) is 4.39 Å². The molecule has 5 nitrogen and oxygen atoms in total. The van der Waals surface area contributed by atoms with E-state index in [-0.39, 0.29) is 56.7 Å². The number of benzene rings is 3. The molecule has 8 heteroatoms. The van der Waals surface area contributed by atoms with Gasteiger partial charge in [-0.15, -0.1) is 29.0 Å². The molecule has 3 heterocycles. The molecule has 1 N–H and O–H groups in total. The Hall–Kier alpha value is -3.45. The summed E-state index contributed by atoms with van der Waals surface area (Å²) in [6.07, 6.45) is 4.12. The second kappa shape index (κ2) is 18.5. The van der Waals surface area contributed by atoms with Crippen LogP contribution in [0.25, 0.3) is 53.5 Å². The molecule has 6 aromatic rings. The van der Waals surface area contributed by atoms with Crippen LogP contribution in [-0.2, 0) is 31.3 Å². The van der Waals surface area contributed by atoms with Crippen molar-refractivity contribution in [3.63, 3.8) is 0 Å². The van der Waals surface area contributed by atoms with Gasteiger partial charge in [0, 0.05) is 63.9 Å². The van der Waals surface area contributed by atoms with E-state index in [0.29, 0.717) is 46.1 Å². The summed E-state index contributed by atoms with van der Waals surface area (Å²) in [5, 5.41) is 12.7. The molecule has 293 valence electrons. The number of carbonyl (C=O) groups excluding carboxylic acids is 1. The molecule has 54 heavy (non-hydrogen) atoms. The van der Waals surface area contributed by atoms with Crippen LogP contribution in [0, 0.1) is 74.6 Å². The Labute approximate surface area is 339 Å². The normalized spacial score (nSPS) is 12.3. The number of aryl methyl sites for hydroxylation is 2. The molecule has 0 bridgehead atoms. The summed E-state index contributed by atoms with van der Waals surface area (Å²) in [7, 11) is 0. The van der Waals surface area contributed by atoms with E-state index >= 15 is 0 Å². The average Bonchev–Trinajstić information content (AvgIpc) is 3.57. The Morgan fingerprint density at radius 1 is 0.889 bits per heavy atom. The van der Waals surface area contributed by atoms with Crippen LogP contribution in [0.5, 0.6) is 0 Å². The molecule has 3 aromatic heterocycles. The van der Waals surface area contributed by atoms with Gasteiger partial charge in [-0.3, -0.25) is 9.78 Å². The predicted octanol–water partition coefficient (Wildman–Crippen LogP) is 13.5. The van der Waals surface area contributed by atoms with Gasteiger partial charge in [0.15, 0.2) is 5.78 Å². The third-order valence-electron chi connectivity index (χ3n) is 9.87. The van der Waals surface area contributed by atoms with Crippen molar-refractivity contribution in [2.45, 2.75) is 89.5 Å². The number of hydrogen-bond donors (Lipinski definition) is 1. The summed E-state index contributed by atoms with van der Waals surface area (Å²) < 4.78 is 23.3. The van der Waals surface area contributed by atoms with E-state index in [0.717, 1.165) is 49.8 Å². The standard InChI is InChI=1S/C28H22FN2OS.C17H32O2.CH3.Ir/c1-14(2)7-17-5-6-18-23(12-17)33-28-25(18)30-13-31-26(28)20-9-15(3)8-19-24-21(29)10-16(4)11-22(24)32-27(19)20;1-10(2)16(11(3)4)14(18)9-15(19)17(12(5)6)13(7)8;;/h5-6,8,10-14H,7H2,1-4H3;9-13,16-18H,1-8H3;1H3;/q-1;;-1;/b;14-9-;;. The molecular weight excluding hydrogens is 872 g/mol. The fourth-order valence-electron chi connectivity index (χ4n) is 7.94. The molecular formula is C46H57FIrN2O3S-2. The zero-order valence-electron chi connectivity index (χ0n) is 34.1. The van der Waals surface area contributed by atoms with E-state index in [1.54, 1.807) is 23.7 Å². The van der Waals surface area contributed by atoms with Crippen molar-refractivity contribution >= 4 is 59.4 Å². The van der Waals surface area contributed by atoms with E-state index in [1.165, 1.54) is 16.3 Å². The van der Waals surface area contributed by atoms with Crippen molar-refractivity contribution in [1.82, 2.24) is 9.97 Å². The smallest absolute Gasteiger partial charge is 0.162 e. The monoisotopic (exact) mass is 929 g/mol. The number of aliphatic hydroxyl groups is 1. The second-order valence-corrected chi connectivity index (χ2v) is 17.3. The van der Waals surface area contributed by atoms with Crippen LogP contribution in [0.2, 0.25) is 0 Å². The second-order valence-electron chi connectivity index (χ2n) is 16.2. The summed E-state index contributed by atoms with van der Waals surface area (Å²) in [5.74, 6) is 1.95. The summed E-state index contributed by atoms with van der Waals surface area (Å²) in [6.45, 7) is 24.9. The van der Waals surface area contributed by atoms with Gasteiger partial charge in [-0.05, 0) is 72.3 Å². The van der Waals surface area contributed by atoms with Crippen molar-refractivity contribution in [1.29, 1.82) is 0 Å². The van der Waals surface area contributed by atoms with Gasteiger partial charge in [0.1, 0.15) is 17.7 Å². The van der Waals surface area contributed by atoms with E-state index in [1.807, 2.05) is 26.0 Å². The minimum Gasteiger partial charge on any atom is -0.512 e. The molecule has 0 aliphatic carbocycles. The third-order valence-corrected chi connectivity index (χ3v) is 11.0. The van der Waals surface area contributed by atoms with Crippen molar-refractivity contribution in [3.8, 4) is 11.3 Å². The predicted molar refractivity (Wildman–Crippen MR) is 223 cm³/mol.